The first-order chi connectivity index (χ1) is 15.9. The van der Waals surface area contributed by atoms with Gasteiger partial charge in [-0.05, 0) is 48.9 Å². The molecular formula is C25H17Br3N4O. The van der Waals surface area contributed by atoms with Crippen LogP contribution in [0.25, 0.3) is 21.8 Å². The molecule has 0 radical (unpaired) electrons. The van der Waals surface area contributed by atoms with Gasteiger partial charge in [-0.2, -0.15) is 9.78 Å². The van der Waals surface area contributed by atoms with E-state index in [0.717, 1.165) is 29.9 Å². The number of para-hydroxylation sites is 1. The fraction of sp³-hybridized carbons (Fsp3) is 0.0800. The zero-order chi connectivity index (χ0) is 23.1. The summed E-state index contributed by atoms with van der Waals surface area (Å²) in [6.45, 7) is 2.49. The molecule has 33 heavy (non-hydrogen) atoms. The zero-order valence-electron chi connectivity index (χ0n) is 17.5. The first kappa shape index (κ1) is 22.3. The summed E-state index contributed by atoms with van der Waals surface area (Å²) >= 11 is 10.6. The second kappa shape index (κ2) is 9.00. The lowest BCUT2D eigenvalue weighted by Crippen LogP contribution is -2.20. The van der Waals surface area contributed by atoms with E-state index >= 15 is 0 Å². The van der Waals surface area contributed by atoms with Crippen LogP contribution in [-0.2, 0) is 6.54 Å². The molecule has 0 N–H and O–H groups in total. The molecule has 0 spiro atoms. The maximum Gasteiger partial charge on any atom is 0.282 e. The van der Waals surface area contributed by atoms with Crippen molar-refractivity contribution in [2.45, 2.75) is 13.5 Å². The van der Waals surface area contributed by atoms with Crippen molar-refractivity contribution in [1.82, 2.24) is 14.2 Å². The quantitative estimate of drug-likeness (QED) is 0.204. The predicted molar refractivity (Wildman–Crippen MR) is 144 cm³/mol. The molecule has 5 aromatic rings. The van der Waals surface area contributed by atoms with Crippen LogP contribution >= 0.6 is 47.8 Å². The molecule has 2 heterocycles. The summed E-state index contributed by atoms with van der Waals surface area (Å²) in [7, 11) is 0. The van der Waals surface area contributed by atoms with Gasteiger partial charge in [-0.25, -0.2) is 4.98 Å². The van der Waals surface area contributed by atoms with Crippen molar-refractivity contribution < 1.29 is 0 Å². The van der Waals surface area contributed by atoms with E-state index in [1.807, 2.05) is 36.4 Å². The Bertz CT molecular complexity index is 1620. The second-order valence-corrected chi connectivity index (χ2v) is 10.3. The predicted octanol–water partition coefficient (Wildman–Crippen LogP) is 6.88. The highest BCUT2D eigenvalue weighted by Gasteiger charge is 2.11. The normalized spacial score (nSPS) is 11.8. The lowest BCUT2D eigenvalue weighted by Gasteiger charge is -2.08. The van der Waals surface area contributed by atoms with Crippen LogP contribution in [0.4, 0.5) is 0 Å². The fourth-order valence-electron chi connectivity index (χ4n) is 3.86. The molecule has 0 atom stereocenters. The van der Waals surface area contributed by atoms with Crippen LogP contribution < -0.4 is 5.56 Å². The molecule has 5 rings (SSSR count). The van der Waals surface area contributed by atoms with Crippen LogP contribution in [0.1, 0.15) is 17.0 Å². The minimum absolute atomic E-state index is 0.197. The van der Waals surface area contributed by atoms with Gasteiger partial charge in [0.2, 0.25) is 0 Å². The van der Waals surface area contributed by atoms with Crippen LogP contribution in [0, 0.1) is 6.92 Å². The molecule has 3 aromatic carbocycles. The Balaban J connectivity index is 1.58. The third-order valence-corrected chi connectivity index (χ3v) is 7.18. The highest BCUT2D eigenvalue weighted by atomic mass is 79.9. The van der Waals surface area contributed by atoms with Gasteiger partial charge in [0.1, 0.15) is 5.82 Å². The highest BCUT2D eigenvalue weighted by Crippen LogP contribution is 2.26. The Morgan fingerprint density at radius 2 is 1.73 bits per heavy atom. The van der Waals surface area contributed by atoms with Crippen LogP contribution in [0.2, 0.25) is 0 Å². The van der Waals surface area contributed by atoms with Crippen LogP contribution in [-0.4, -0.2) is 20.4 Å². The van der Waals surface area contributed by atoms with Crippen molar-refractivity contribution in [3.63, 3.8) is 0 Å². The molecule has 0 unspecified atom stereocenters. The smallest absolute Gasteiger partial charge is 0.282 e. The highest BCUT2D eigenvalue weighted by molar-refractivity contribution is 9.11. The molecule has 0 aliphatic carbocycles. The van der Waals surface area contributed by atoms with Crippen LogP contribution in [0.3, 0.4) is 0 Å². The molecule has 0 aliphatic rings. The van der Waals surface area contributed by atoms with Gasteiger partial charge in [0.25, 0.3) is 5.56 Å². The number of halogens is 3. The summed E-state index contributed by atoms with van der Waals surface area (Å²) in [6, 6.07) is 19.8. The summed E-state index contributed by atoms with van der Waals surface area (Å²) in [5.41, 5.74) is 3.65. The largest absolute Gasteiger partial charge is 0.342 e. The van der Waals surface area contributed by atoms with Gasteiger partial charge in [-0.1, -0.05) is 72.1 Å². The summed E-state index contributed by atoms with van der Waals surface area (Å²) in [4.78, 5) is 17.6. The molecule has 0 saturated carbocycles. The van der Waals surface area contributed by atoms with Gasteiger partial charge in [-0.3, -0.25) is 4.79 Å². The van der Waals surface area contributed by atoms with Gasteiger partial charge < -0.3 is 4.57 Å². The van der Waals surface area contributed by atoms with E-state index in [2.05, 4.69) is 86.8 Å². The SMILES string of the molecule is Cc1nc2ccc(Br)cc2c(=O)n1N=Cc1cn(Cc2ccc(Br)cc2Br)c2ccccc12. The van der Waals surface area contributed by atoms with E-state index in [0.29, 0.717) is 23.3 Å². The Hall–Kier alpha value is -2.55. The number of hydrogen-bond acceptors (Lipinski definition) is 3. The number of fused-ring (bicyclic) bond motifs is 2. The fourth-order valence-corrected chi connectivity index (χ4v) is 5.39. The average molecular weight is 629 g/mol. The van der Waals surface area contributed by atoms with Gasteiger partial charge >= 0.3 is 0 Å². The topological polar surface area (TPSA) is 52.2 Å². The maximum absolute atomic E-state index is 13.1. The van der Waals surface area contributed by atoms with Crippen LogP contribution in [0.15, 0.2) is 90.2 Å². The third-order valence-electron chi connectivity index (χ3n) is 5.46. The van der Waals surface area contributed by atoms with Gasteiger partial charge in [0, 0.05) is 42.6 Å². The van der Waals surface area contributed by atoms with Gasteiger partial charge in [0.15, 0.2) is 0 Å². The molecule has 0 bridgehead atoms. The lowest BCUT2D eigenvalue weighted by atomic mass is 10.2. The molecule has 0 amide bonds. The van der Waals surface area contributed by atoms with E-state index in [4.69, 9.17) is 0 Å². The zero-order valence-corrected chi connectivity index (χ0v) is 22.2. The van der Waals surface area contributed by atoms with Crippen molar-refractivity contribution in [1.29, 1.82) is 0 Å². The van der Waals surface area contributed by atoms with E-state index in [-0.39, 0.29) is 5.56 Å². The molecule has 2 aromatic heterocycles. The molecule has 0 saturated heterocycles. The Morgan fingerprint density at radius 1 is 0.970 bits per heavy atom. The van der Waals surface area contributed by atoms with Crippen molar-refractivity contribution in [3.8, 4) is 0 Å². The minimum atomic E-state index is -0.197. The molecule has 8 heteroatoms. The van der Waals surface area contributed by atoms with Gasteiger partial charge in [0.05, 0.1) is 17.1 Å². The molecule has 5 nitrogen and oxygen atoms in total. The number of rotatable bonds is 4. The summed E-state index contributed by atoms with van der Waals surface area (Å²) in [6.07, 6.45) is 3.80. The van der Waals surface area contributed by atoms with Crippen molar-refractivity contribution in [2.24, 2.45) is 5.10 Å². The molecular weight excluding hydrogens is 612 g/mol. The first-order valence-corrected chi connectivity index (χ1v) is 12.5. The number of benzene rings is 3. The average Bonchev–Trinajstić information content (AvgIpc) is 3.14. The van der Waals surface area contributed by atoms with E-state index in [9.17, 15) is 4.79 Å². The third kappa shape index (κ3) is 4.35. The Kier molecular flexibility index (Phi) is 6.07. The van der Waals surface area contributed by atoms with E-state index in [1.54, 1.807) is 19.2 Å². The monoisotopic (exact) mass is 626 g/mol. The number of aromatic nitrogens is 3. The second-order valence-electron chi connectivity index (χ2n) is 7.65. The van der Waals surface area contributed by atoms with E-state index in [1.165, 1.54) is 10.2 Å². The van der Waals surface area contributed by atoms with Crippen LogP contribution in [0.5, 0.6) is 0 Å². The number of nitrogens with zero attached hydrogens (tertiary/aromatic N) is 4. The number of aryl methyl sites for hydroxylation is 1. The van der Waals surface area contributed by atoms with Gasteiger partial charge in [-0.15, -0.1) is 0 Å². The summed E-state index contributed by atoms with van der Waals surface area (Å²) in [5, 5.41) is 6.12. The molecule has 164 valence electrons. The van der Waals surface area contributed by atoms with E-state index < -0.39 is 0 Å². The summed E-state index contributed by atoms with van der Waals surface area (Å²) in [5.74, 6) is 0.536. The minimum Gasteiger partial charge on any atom is -0.342 e. The standard InChI is InChI=1S/C25H17Br3N4O/c1-15-30-23-9-8-18(26)10-21(23)25(33)32(15)29-12-17-14-31(24-5-3-2-4-20(17)24)13-16-6-7-19(27)11-22(16)28/h2-12,14H,13H2,1H3. The lowest BCUT2D eigenvalue weighted by molar-refractivity contribution is 0.770. The molecule has 0 aliphatic heterocycles. The summed E-state index contributed by atoms with van der Waals surface area (Å²) < 4.78 is 6.44. The Morgan fingerprint density at radius 3 is 2.55 bits per heavy atom. The van der Waals surface area contributed by atoms with Crippen molar-refractivity contribution in [2.75, 3.05) is 0 Å². The Labute approximate surface area is 215 Å². The molecule has 0 fully saturated rings. The first-order valence-electron chi connectivity index (χ1n) is 10.2. The van der Waals surface area contributed by atoms with Crippen molar-refractivity contribution in [3.05, 3.63) is 108 Å². The van der Waals surface area contributed by atoms with Crippen molar-refractivity contribution >= 4 is 75.8 Å². The number of hydrogen-bond donors (Lipinski definition) is 0. The maximum atomic E-state index is 13.1.